The molecule has 3 rings (SSSR count). The lowest BCUT2D eigenvalue weighted by atomic mass is 10.2. The molecule has 162 valence electrons. The average molecular weight is 430 g/mol. The summed E-state index contributed by atoms with van der Waals surface area (Å²) in [6, 6.07) is 17.8. The van der Waals surface area contributed by atoms with Crippen molar-refractivity contribution in [1.82, 2.24) is 9.80 Å². The fraction of sp³-hybridized carbons (Fsp3) is 0.435. The van der Waals surface area contributed by atoms with Gasteiger partial charge in [0.15, 0.2) is 0 Å². The summed E-state index contributed by atoms with van der Waals surface area (Å²) in [4.78, 5) is 16.8. The van der Waals surface area contributed by atoms with Gasteiger partial charge in [-0.05, 0) is 50.2 Å². The number of para-hydroxylation sites is 1. The summed E-state index contributed by atoms with van der Waals surface area (Å²) in [6.45, 7) is 2.98. The Labute approximate surface area is 183 Å². The Balaban J connectivity index is 1.44. The zero-order valence-corrected chi connectivity index (χ0v) is 18.7. The molecule has 0 saturated carbocycles. The third kappa shape index (κ3) is 6.39. The Morgan fingerprint density at radius 3 is 2.63 bits per heavy atom. The molecule has 0 radical (unpaired) electrons. The van der Waals surface area contributed by atoms with Crippen LogP contribution in [0.4, 0.5) is 10.5 Å². The van der Waals surface area contributed by atoms with E-state index in [0.29, 0.717) is 31.1 Å². The second kappa shape index (κ2) is 11.2. The topological polar surface area (TPSA) is 54.0 Å². The van der Waals surface area contributed by atoms with Crippen LogP contribution in [0.25, 0.3) is 0 Å². The quantitative estimate of drug-likeness (QED) is 0.615. The Hall–Kier alpha value is -2.22. The smallest absolute Gasteiger partial charge is 0.321 e. The second-order valence-electron chi connectivity index (χ2n) is 7.55. The number of anilines is 1. The molecule has 1 N–H and O–H groups in total. The van der Waals surface area contributed by atoms with E-state index in [2.05, 4.69) is 30.6 Å². The minimum atomic E-state index is -0.0484. The van der Waals surface area contributed by atoms with Crippen LogP contribution in [0.1, 0.15) is 5.56 Å². The number of carbonyl (C=O) groups is 1. The summed E-state index contributed by atoms with van der Waals surface area (Å²) >= 11 is 1.82. The number of hydrogen-bond acceptors (Lipinski definition) is 5. The van der Waals surface area contributed by atoms with Crippen molar-refractivity contribution >= 4 is 23.5 Å². The normalized spacial score (nSPS) is 18.6. The predicted octanol–water partition coefficient (Wildman–Crippen LogP) is 3.79. The van der Waals surface area contributed by atoms with Gasteiger partial charge in [0.2, 0.25) is 0 Å². The van der Waals surface area contributed by atoms with Crippen LogP contribution in [0.15, 0.2) is 54.6 Å². The molecule has 0 aliphatic carbocycles. The SMILES string of the molecule is CS[C@@H]1CN(C(=O)Nc2cccc(COCCOc3ccccc3)c2)C[C@@H]1N(C)C. The van der Waals surface area contributed by atoms with Crippen LogP contribution in [-0.4, -0.2) is 73.8 Å². The molecule has 1 aliphatic heterocycles. The van der Waals surface area contributed by atoms with Gasteiger partial charge in [0.1, 0.15) is 12.4 Å². The van der Waals surface area contributed by atoms with Crippen molar-refractivity contribution in [2.24, 2.45) is 0 Å². The Morgan fingerprint density at radius 1 is 1.13 bits per heavy atom. The number of nitrogens with one attached hydrogen (secondary N) is 1. The van der Waals surface area contributed by atoms with Gasteiger partial charge in [0.25, 0.3) is 0 Å². The van der Waals surface area contributed by atoms with Crippen LogP contribution < -0.4 is 10.1 Å². The molecule has 1 fully saturated rings. The molecule has 1 aliphatic rings. The Morgan fingerprint density at radius 2 is 1.93 bits per heavy atom. The van der Waals surface area contributed by atoms with E-state index in [0.717, 1.165) is 30.1 Å². The van der Waals surface area contributed by atoms with Crippen molar-refractivity contribution in [2.45, 2.75) is 17.9 Å². The van der Waals surface area contributed by atoms with Gasteiger partial charge in [-0.2, -0.15) is 11.8 Å². The second-order valence-corrected chi connectivity index (χ2v) is 8.63. The third-order valence-electron chi connectivity index (χ3n) is 5.18. The van der Waals surface area contributed by atoms with Crippen molar-refractivity contribution < 1.29 is 14.3 Å². The number of thioether (sulfide) groups is 1. The first-order valence-corrected chi connectivity index (χ1v) is 11.5. The number of ether oxygens (including phenoxy) is 2. The zero-order valence-electron chi connectivity index (χ0n) is 17.9. The van der Waals surface area contributed by atoms with Crippen LogP contribution in [0.5, 0.6) is 5.75 Å². The lowest BCUT2D eigenvalue weighted by Gasteiger charge is -2.23. The predicted molar refractivity (Wildman–Crippen MR) is 123 cm³/mol. The number of likely N-dealkylation sites (tertiary alicyclic amines) is 1. The van der Waals surface area contributed by atoms with Gasteiger partial charge in [-0.15, -0.1) is 0 Å². The number of hydrogen-bond donors (Lipinski definition) is 1. The van der Waals surface area contributed by atoms with Crippen molar-refractivity contribution in [3.63, 3.8) is 0 Å². The fourth-order valence-electron chi connectivity index (χ4n) is 3.52. The molecular formula is C23H31N3O3S. The minimum Gasteiger partial charge on any atom is -0.491 e. The molecule has 2 aromatic rings. The number of rotatable bonds is 9. The standard InChI is InChI=1S/C23H31N3O3S/c1-25(2)21-15-26(16-22(21)30-3)23(27)24-19-9-7-8-18(14-19)17-28-12-13-29-20-10-5-4-6-11-20/h4-11,14,21-22H,12-13,15-17H2,1-3H3,(H,24,27)/t21-,22+/m0/s1. The molecule has 7 heteroatoms. The first-order chi connectivity index (χ1) is 14.6. The lowest BCUT2D eigenvalue weighted by molar-refractivity contribution is 0.0889. The van der Waals surface area contributed by atoms with Crippen LogP contribution in [-0.2, 0) is 11.3 Å². The van der Waals surface area contributed by atoms with Crippen molar-refractivity contribution in [3.8, 4) is 5.75 Å². The van der Waals surface area contributed by atoms with Crippen molar-refractivity contribution in [3.05, 3.63) is 60.2 Å². The molecule has 1 saturated heterocycles. The van der Waals surface area contributed by atoms with E-state index in [9.17, 15) is 4.79 Å². The van der Waals surface area contributed by atoms with E-state index in [1.807, 2.05) is 71.3 Å². The summed E-state index contributed by atoms with van der Waals surface area (Å²) in [5, 5.41) is 3.46. The van der Waals surface area contributed by atoms with Crippen LogP contribution in [0.2, 0.25) is 0 Å². The van der Waals surface area contributed by atoms with Crippen molar-refractivity contribution in [2.75, 3.05) is 52.0 Å². The average Bonchev–Trinajstić information content (AvgIpc) is 3.20. The summed E-state index contributed by atoms with van der Waals surface area (Å²) in [5.41, 5.74) is 1.80. The monoisotopic (exact) mass is 429 g/mol. The highest BCUT2D eigenvalue weighted by Crippen LogP contribution is 2.24. The van der Waals surface area contributed by atoms with Gasteiger partial charge in [-0.1, -0.05) is 30.3 Å². The molecule has 0 unspecified atom stereocenters. The Bertz CT molecular complexity index is 803. The highest BCUT2D eigenvalue weighted by molar-refractivity contribution is 7.99. The summed E-state index contributed by atoms with van der Waals surface area (Å²) in [7, 11) is 4.15. The van der Waals surface area contributed by atoms with Crippen LogP contribution in [0, 0.1) is 0 Å². The summed E-state index contributed by atoms with van der Waals surface area (Å²) in [6.07, 6.45) is 2.11. The summed E-state index contributed by atoms with van der Waals surface area (Å²) in [5.74, 6) is 0.841. The van der Waals surface area contributed by atoms with E-state index >= 15 is 0 Å². The van der Waals surface area contributed by atoms with Gasteiger partial charge in [0.05, 0.1) is 13.2 Å². The molecule has 0 spiro atoms. The maximum atomic E-state index is 12.7. The van der Waals surface area contributed by atoms with Crippen LogP contribution in [0.3, 0.4) is 0 Å². The molecule has 2 amide bonds. The highest BCUT2D eigenvalue weighted by Gasteiger charge is 2.35. The van der Waals surface area contributed by atoms with Crippen molar-refractivity contribution in [1.29, 1.82) is 0 Å². The number of urea groups is 1. The minimum absolute atomic E-state index is 0.0484. The number of nitrogens with zero attached hydrogens (tertiary/aromatic N) is 2. The molecule has 0 bridgehead atoms. The fourth-order valence-corrected chi connectivity index (χ4v) is 4.49. The molecule has 2 atom stereocenters. The van der Waals surface area contributed by atoms with Crippen LogP contribution >= 0.6 is 11.8 Å². The number of carbonyl (C=O) groups excluding carboxylic acids is 1. The molecule has 1 heterocycles. The molecule has 2 aromatic carbocycles. The van der Waals surface area contributed by atoms with Gasteiger partial charge in [-0.25, -0.2) is 4.79 Å². The lowest BCUT2D eigenvalue weighted by Crippen LogP contribution is -2.38. The van der Waals surface area contributed by atoms with E-state index in [1.54, 1.807) is 0 Å². The van der Waals surface area contributed by atoms with E-state index in [4.69, 9.17) is 9.47 Å². The first-order valence-electron chi connectivity index (χ1n) is 10.2. The number of amides is 2. The van der Waals surface area contributed by atoms with Gasteiger partial charge >= 0.3 is 6.03 Å². The largest absolute Gasteiger partial charge is 0.491 e. The number of benzene rings is 2. The Kier molecular flexibility index (Phi) is 8.42. The van der Waals surface area contributed by atoms with Gasteiger partial charge in [-0.3, -0.25) is 0 Å². The van der Waals surface area contributed by atoms with E-state index in [1.165, 1.54) is 0 Å². The zero-order chi connectivity index (χ0) is 21.3. The summed E-state index contributed by atoms with van der Waals surface area (Å²) < 4.78 is 11.3. The third-order valence-corrected chi connectivity index (χ3v) is 6.25. The first kappa shape index (κ1) is 22.5. The molecule has 6 nitrogen and oxygen atoms in total. The maximum Gasteiger partial charge on any atom is 0.321 e. The van der Waals surface area contributed by atoms with E-state index < -0.39 is 0 Å². The number of likely N-dealkylation sites (N-methyl/N-ethyl adjacent to an activating group) is 1. The highest BCUT2D eigenvalue weighted by atomic mass is 32.2. The van der Waals surface area contributed by atoms with Gasteiger partial charge in [0, 0.05) is 30.1 Å². The van der Waals surface area contributed by atoms with E-state index in [-0.39, 0.29) is 6.03 Å². The maximum absolute atomic E-state index is 12.7. The molecule has 0 aromatic heterocycles. The van der Waals surface area contributed by atoms with Gasteiger partial charge < -0.3 is 24.6 Å². The molecule has 30 heavy (non-hydrogen) atoms. The molecular weight excluding hydrogens is 398 g/mol.